The lowest BCUT2D eigenvalue weighted by molar-refractivity contribution is -0.121. The van der Waals surface area contributed by atoms with E-state index in [0.29, 0.717) is 28.5 Å². The van der Waals surface area contributed by atoms with Crippen LogP contribution in [0.2, 0.25) is 0 Å². The molecule has 1 aromatic heterocycles. The molecule has 0 spiro atoms. The monoisotopic (exact) mass is 397 g/mol. The Balaban J connectivity index is 2.19. The molecule has 1 fully saturated rings. The van der Waals surface area contributed by atoms with Gasteiger partial charge in [0.15, 0.2) is 0 Å². The first-order valence-corrected chi connectivity index (χ1v) is 9.78. The minimum absolute atomic E-state index is 0.0560. The zero-order valence-corrected chi connectivity index (χ0v) is 17.2. The number of hydrogen-bond donors (Lipinski definition) is 2. The molecule has 0 aromatic carbocycles. The fourth-order valence-corrected chi connectivity index (χ4v) is 4.32. The van der Waals surface area contributed by atoms with Crippen LogP contribution in [-0.2, 0) is 14.3 Å². The van der Waals surface area contributed by atoms with Crippen LogP contribution in [0.25, 0.3) is 0 Å². The fraction of sp³-hybridized carbons (Fsp3) is 0.611. The molecular formula is C18H27N3O5S. The van der Waals surface area contributed by atoms with E-state index in [-0.39, 0.29) is 42.7 Å². The predicted octanol–water partition coefficient (Wildman–Crippen LogP) is 1.64. The summed E-state index contributed by atoms with van der Waals surface area (Å²) in [7, 11) is 1.52. The van der Waals surface area contributed by atoms with Crippen molar-refractivity contribution in [2.45, 2.75) is 39.9 Å². The van der Waals surface area contributed by atoms with E-state index in [1.807, 2.05) is 18.7 Å². The zero-order chi connectivity index (χ0) is 20.1. The van der Waals surface area contributed by atoms with Gasteiger partial charge in [-0.15, -0.1) is 11.3 Å². The van der Waals surface area contributed by atoms with Crippen molar-refractivity contribution in [2.75, 3.05) is 38.6 Å². The number of hydrogen-bond acceptors (Lipinski definition) is 7. The van der Waals surface area contributed by atoms with E-state index in [2.05, 4.69) is 10.6 Å². The minimum atomic E-state index is -0.551. The van der Waals surface area contributed by atoms with Crippen molar-refractivity contribution in [3.05, 3.63) is 16.0 Å². The van der Waals surface area contributed by atoms with Gasteiger partial charge in [0.05, 0.1) is 35.8 Å². The van der Waals surface area contributed by atoms with Crippen molar-refractivity contribution < 1.29 is 23.9 Å². The molecule has 8 nitrogen and oxygen atoms in total. The SMILES string of the molecule is CCOC(=O)c1c(NC(=O)CN2C[C@H](C)O[C@@H](C)C2)sc(C(=O)NC)c1C. The first kappa shape index (κ1) is 21.3. The van der Waals surface area contributed by atoms with Crippen LogP contribution in [0.3, 0.4) is 0 Å². The summed E-state index contributed by atoms with van der Waals surface area (Å²) in [6.45, 7) is 9.04. The van der Waals surface area contributed by atoms with Crippen molar-refractivity contribution in [1.29, 1.82) is 0 Å². The minimum Gasteiger partial charge on any atom is -0.462 e. The maximum absolute atomic E-state index is 12.5. The Morgan fingerprint density at radius 2 is 1.89 bits per heavy atom. The number of nitrogens with one attached hydrogen (secondary N) is 2. The smallest absolute Gasteiger partial charge is 0.341 e. The molecule has 2 atom stereocenters. The third-order valence-corrected chi connectivity index (χ3v) is 5.38. The summed E-state index contributed by atoms with van der Waals surface area (Å²) in [5.41, 5.74) is 0.735. The Bertz CT molecular complexity index is 708. The maximum atomic E-state index is 12.5. The van der Waals surface area contributed by atoms with Crippen LogP contribution < -0.4 is 10.6 Å². The average Bonchev–Trinajstić information content (AvgIpc) is 2.89. The second-order valence-electron chi connectivity index (χ2n) is 6.56. The highest BCUT2D eigenvalue weighted by Gasteiger charge is 2.28. The second-order valence-corrected chi connectivity index (χ2v) is 7.58. The average molecular weight is 397 g/mol. The largest absolute Gasteiger partial charge is 0.462 e. The highest BCUT2D eigenvalue weighted by atomic mass is 32.1. The molecule has 150 valence electrons. The number of ether oxygens (including phenoxy) is 2. The van der Waals surface area contributed by atoms with Gasteiger partial charge in [0.25, 0.3) is 5.91 Å². The van der Waals surface area contributed by atoms with Gasteiger partial charge in [0.1, 0.15) is 5.00 Å². The molecule has 0 radical (unpaired) electrons. The topological polar surface area (TPSA) is 97.0 Å². The van der Waals surface area contributed by atoms with E-state index in [9.17, 15) is 14.4 Å². The number of rotatable bonds is 6. The van der Waals surface area contributed by atoms with Crippen molar-refractivity contribution in [2.24, 2.45) is 0 Å². The van der Waals surface area contributed by atoms with Gasteiger partial charge in [-0.05, 0) is 33.3 Å². The van der Waals surface area contributed by atoms with Gasteiger partial charge in [0.2, 0.25) is 5.91 Å². The van der Waals surface area contributed by atoms with E-state index < -0.39 is 5.97 Å². The van der Waals surface area contributed by atoms with Gasteiger partial charge >= 0.3 is 5.97 Å². The Kier molecular flexibility index (Phi) is 7.34. The molecule has 0 unspecified atom stereocenters. The quantitative estimate of drug-likeness (QED) is 0.709. The normalized spacial score (nSPS) is 20.2. The summed E-state index contributed by atoms with van der Waals surface area (Å²) in [5.74, 6) is -1.10. The number of carbonyl (C=O) groups excluding carboxylic acids is 3. The van der Waals surface area contributed by atoms with Gasteiger partial charge < -0.3 is 20.1 Å². The number of nitrogens with zero attached hydrogens (tertiary/aromatic N) is 1. The molecule has 1 aliphatic rings. The molecule has 27 heavy (non-hydrogen) atoms. The standard InChI is InChI=1S/C18H27N3O5S/c1-6-25-18(24)14-12(4)15(16(23)19-5)27-17(14)20-13(22)9-21-7-10(2)26-11(3)8-21/h10-11H,6-9H2,1-5H3,(H,19,23)(H,20,22)/t10-,11-/m0/s1. The van der Waals surface area contributed by atoms with E-state index in [4.69, 9.17) is 9.47 Å². The third-order valence-electron chi connectivity index (χ3n) is 4.18. The van der Waals surface area contributed by atoms with Gasteiger partial charge in [-0.25, -0.2) is 4.79 Å². The molecule has 1 aliphatic heterocycles. The lowest BCUT2D eigenvalue weighted by Crippen LogP contribution is -2.48. The highest BCUT2D eigenvalue weighted by molar-refractivity contribution is 7.18. The van der Waals surface area contributed by atoms with Crippen LogP contribution in [0.1, 0.15) is 46.4 Å². The number of thiophene rings is 1. The predicted molar refractivity (Wildman–Crippen MR) is 103 cm³/mol. The van der Waals surface area contributed by atoms with Crippen molar-refractivity contribution in [1.82, 2.24) is 10.2 Å². The Morgan fingerprint density at radius 3 is 2.44 bits per heavy atom. The van der Waals surface area contributed by atoms with Crippen LogP contribution in [0.5, 0.6) is 0 Å². The van der Waals surface area contributed by atoms with Gasteiger partial charge in [0, 0.05) is 20.1 Å². The molecule has 0 aliphatic carbocycles. The molecule has 2 rings (SSSR count). The van der Waals surface area contributed by atoms with Crippen molar-refractivity contribution >= 4 is 34.1 Å². The number of esters is 1. The number of carbonyl (C=O) groups is 3. The summed E-state index contributed by atoms with van der Waals surface area (Å²) in [6.07, 6.45) is 0.112. The second kappa shape index (κ2) is 9.29. The molecule has 0 bridgehead atoms. The van der Waals surface area contributed by atoms with Crippen LogP contribution in [0, 0.1) is 6.92 Å². The maximum Gasteiger partial charge on any atom is 0.341 e. The highest BCUT2D eigenvalue weighted by Crippen LogP contribution is 2.33. The van der Waals surface area contributed by atoms with E-state index in [0.717, 1.165) is 11.3 Å². The van der Waals surface area contributed by atoms with Crippen LogP contribution in [0.4, 0.5) is 5.00 Å². The summed E-state index contributed by atoms with van der Waals surface area (Å²) in [4.78, 5) is 39.3. The third kappa shape index (κ3) is 5.27. The molecule has 0 saturated carbocycles. The zero-order valence-electron chi connectivity index (χ0n) is 16.4. The molecule has 2 amide bonds. The Morgan fingerprint density at radius 1 is 1.26 bits per heavy atom. The van der Waals surface area contributed by atoms with Gasteiger partial charge in [-0.1, -0.05) is 0 Å². The first-order valence-electron chi connectivity index (χ1n) is 8.97. The van der Waals surface area contributed by atoms with Crippen molar-refractivity contribution in [3.8, 4) is 0 Å². The molecule has 1 aromatic rings. The lowest BCUT2D eigenvalue weighted by Gasteiger charge is -2.34. The number of amides is 2. The summed E-state index contributed by atoms with van der Waals surface area (Å²) in [5, 5.41) is 5.67. The first-order chi connectivity index (χ1) is 12.8. The Labute approximate surface area is 163 Å². The van der Waals surface area contributed by atoms with E-state index in [1.165, 1.54) is 7.05 Å². The molecular weight excluding hydrogens is 370 g/mol. The van der Waals surface area contributed by atoms with Crippen LogP contribution in [-0.4, -0.2) is 68.2 Å². The van der Waals surface area contributed by atoms with E-state index >= 15 is 0 Å². The van der Waals surface area contributed by atoms with Crippen molar-refractivity contribution in [3.63, 3.8) is 0 Å². The molecule has 9 heteroatoms. The summed E-state index contributed by atoms with van der Waals surface area (Å²) >= 11 is 1.08. The fourth-order valence-electron chi connectivity index (χ4n) is 3.16. The Hall–Kier alpha value is -1.97. The molecule has 2 N–H and O–H groups in total. The van der Waals surface area contributed by atoms with Crippen LogP contribution in [0.15, 0.2) is 0 Å². The van der Waals surface area contributed by atoms with Gasteiger partial charge in [-0.2, -0.15) is 0 Å². The number of anilines is 1. The van der Waals surface area contributed by atoms with Gasteiger partial charge in [-0.3, -0.25) is 14.5 Å². The summed E-state index contributed by atoms with van der Waals surface area (Å²) in [6, 6.07) is 0. The molecule has 1 saturated heterocycles. The number of morpholine rings is 1. The molecule has 2 heterocycles. The summed E-state index contributed by atoms with van der Waals surface area (Å²) < 4.78 is 10.8. The lowest BCUT2D eigenvalue weighted by atomic mass is 10.1. The van der Waals surface area contributed by atoms with E-state index in [1.54, 1.807) is 13.8 Å². The van der Waals surface area contributed by atoms with Crippen LogP contribution >= 0.6 is 11.3 Å².